The number of ether oxygens (including phenoxy) is 3. The van der Waals surface area contributed by atoms with Gasteiger partial charge in [-0.2, -0.15) is 0 Å². The largest absolute Gasteiger partial charge is 0.493 e. The SMILES string of the molecule is COc1cc(CNCCOC(C)C)ccc1OC[C@@H](O)CN1CCC(O)CC1. The van der Waals surface area contributed by atoms with Gasteiger partial charge in [0, 0.05) is 32.7 Å². The summed E-state index contributed by atoms with van der Waals surface area (Å²) < 4.78 is 16.7. The molecule has 1 aliphatic rings. The Bertz CT molecular complexity index is 562. The molecule has 1 aliphatic heterocycles. The van der Waals surface area contributed by atoms with Gasteiger partial charge in [0.15, 0.2) is 11.5 Å². The van der Waals surface area contributed by atoms with Gasteiger partial charge in [0.05, 0.1) is 25.9 Å². The van der Waals surface area contributed by atoms with E-state index in [0.717, 1.165) is 44.6 Å². The van der Waals surface area contributed by atoms with Crippen molar-refractivity contribution in [3.8, 4) is 11.5 Å². The minimum Gasteiger partial charge on any atom is -0.493 e. The lowest BCUT2D eigenvalue weighted by Gasteiger charge is -2.30. The van der Waals surface area contributed by atoms with Crippen LogP contribution in [0.15, 0.2) is 18.2 Å². The molecular formula is C21H36N2O5. The Hall–Kier alpha value is -1.38. The van der Waals surface area contributed by atoms with E-state index in [0.29, 0.717) is 24.7 Å². The summed E-state index contributed by atoms with van der Waals surface area (Å²) in [6.07, 6.45) is 0.989. The molecular weight excluding hydrogens is 360 g/mol. The van der Waals surface area contributed by atoms with Crippen LogP contribution >= 0.6 is 0 Å². The van der Waals surface area contributed by atoms with Crippen LogP contribution in [-0.4, -0.2) is 79.9 Å². The predicted octanol–water partition coefficient (Wildman–Crippen LogP) is 1.41. The van der Waals surface area contributed by atoms with Gasteiger partial charge < -0.3 is 34.6 Å². The molecule has 3 N–H and O–H groups in total. The maximum atomic E-state index is 10.3. The highest BCUT2D eigenvalue weighted by molar-refractivity contribution is 5.43. The summed E-state index contributed by atoms with van der Waals surface area (Å²) in [7, 11) is 1.62. The third kappa shape index (κ3) is 8.32. The molecule has 0 amide bonds. The molecule has 0 unspecified atom stereocenters. The monoisotopic (exact) mass is 396 g/mol. The van der Waals surface area contributed by atoms with E-state index in [4.69, 9.17) is 14.2 Å². The van der Waals surface area contributed by atoms with Gasteiger partial charge in [-0.15, -0.1) is 0 Å². The molecule has 1 aromatic carbocycles. The van der Waals surface area contributed by atoms with E-state index in [1.165, 1.54) is 0 Å². The smallest absolute Gasteiger partial charge is 0.161 e. The molecule has 1 aromatic rings. The van der Waals surface area contributed by atoms with Gasteiger partial charge in [0.25, 0.3) is 0 Å². The molecule has 0 radical (unpaired) electrons. The standard InChI is InChI=1S/C21H36N2O5/c1-16(2)27-11-8-22-13-17-4-5-20(21(12-17)26-3)28-15-19(25)14-23-9-6-18(24)7-10-23/h4-5,12,16,18-19,22,24-25H,6-11,13-15H2,1-3H3/t19-/m0/s1. The molecule has 0 aromatic heterocycles. The second-order valence-corrected chi connectivity index (χ2v) is 7.58. The highest BCUT2D eigenvalue weighted by Crippen LogP contribution is 2.28. The number of hydrogen-bond donors (Lipinski definition) is 3. The molecule has 1 atom stereocenters. The van der Waals surface area contributed by atoms with Crippen molar-refractivity contribution >= 4 is 0 Å². The van der Waals surface area contributed by atoms with Gasteiger partial charge in [-0.25, -0.2) is 0 Å². The van der Waals surface area contributed by atoms with Crippen LogP contribution in [0.4, 0.5) is 0 Å². The van der Waals surface area contributed by atoms with Crippen LogP contribution < -0.4 is 14.8 Å². The number of aliphatic hydroxyl groups excluding tert-OH is 2. The zero-order valence-electron chi connectivity index (χ0n) is 17.4. The van der Waals surface area contributed by atoms with Crippen LogP contribution in [0, 0.1) is 0 Å². The summed E-state index contributed by atoms with van der Waals surface area (Å²) in [5.74, 6) is 1.29. The van der Waals surface area contributed by atoms with Crippen molar-refractivity contribution in [2.24, 2.45) is 0 Å². The van der Waals surface area contributed by atoms with Crippen molar-refractivity contribution in [1.29, 1.82) is 0 Å². The topological polar surface area (TPSA) is 83.4 Å². The Morgan fingerprint density at radius 2 is 1.96 bits per heavy atom. The molecule has 0 aliphatic carbocycles. The van der Waals surface area contributed by atoms with Crippen LogP contribution in [0.25, 0.3) is 0 Å². The average molecular weight is 397 g/mol. The van der Waals surface area contributed by atoms with E-state index in [2.05, 4.69) is 10.2 Å². The second-order valence-electron chi connectivity index (χ2n) is 7.58. The first kappa shape index (κ1) is 22.9. The molecule has 28 heavy (non-hydrogen) atoms. The number of nitrogens with one attached hydrogen (secondary N) is 1. The fourth-order valence-electron chi connectivity index (χ4n) is 3.18. The summed E-state index contributed by atoms with van der Waals surface area (Å²) >= 11 is 0. The lowest BCUT2D eigenvalue weighted by Crippen LogP contribution is -2.41. The molecule has 2 rings (SSSR count). The Labute approximate surface area is 168 Å². The van der Waals surface area contributed by atoms with Crippen LogP contribution in [-0.2, 0) is 11.3 Å². The van der Waals surface area contributed by atoms with Gasteiger partial charge in [0.2, 0.25) is 0 Å². The van der Waals surface area contributed by atoms with Crippen molar-refractivity contribution in [2.75, 3.05) is 46.5 Å². The molecule has 0 saturated carbocycles. The normalized spacial score (nSPS) is 17.1. The van der Waals surface area contributed by atoms with Crippen molar-refractivity contribution in [3.63, 3.8) is 0 Å². The van der Waals surface area contributed by atoms with Gasteiger partial charge in [-0.05, 0) is 44.4 Å². The van der Waals surface area contributed by atoms with Crippen molar-refractivity contribution in [2.45, 2.75) is 51.5 Å². The highest BCUT2D eigenvalue weighted by Gasteiger charge is 2.20. The maximum Gasteiger partial charge on any atom is 0.161 e. The fourth-order valence-corrected chi connectivity index (χ4v) is 3.18. The number of β-amino-alcohol motifs (C(OH)–C–C–N with tert-alkyl or cyclic N) is 1. The molecule has 160 valence electrons. The Kier molecular flexibility index (Phi) is 10.0. The van der Waals surface area contributed by atoms with Gasteiger partial charge >= 0.3 is 0 Å². The summed E-state index contributed by atoms with van der Waals surface area (Å²) in [6.45, 7) is 8.63. The number of piperidine rings is 1. The van der Waals surface area contributed by atoms with Gasteiger partial charge in [-0.1, -0.05) is 6.07 Å². The third-order valence-electron chi connectivity index (χ3n) is 4.74. The number of hydrogen-bond acceptors (Lipinski definition) is 7. The van der Waals surface area contributed by atoms with E-state index >= 15 is 0 Å². The van der Waals surface area contributed by atoms with Crippen LogP contribution in [0.5, 0.6) is 11.5 Å². The molecule has 1 saturated heterocycles. The number of aliphatic hydroxyl groups is 2. The maximum absolute atomic E-state index is 10.3. The summed E-state index contributed by atoms with van der Waals surface area (Å²) in [5.41, 5.74) is 1.10. The van der Waals surface area contributed by atoms with E-state index in [1.807, 2.05) is 32.0 Å². The number of nitrogens with zero attached hydrogens (tertiary/aromatic N) is 1. The number of benzene rings is 1. The van der Waals surface area contributed by atoms with Crippen molar-refractivity contribution < 1.29 is 24.4 Å². The van der Waals surface area contributed by atoms with Crippen LogP contribution in [0.1, 0.15) is 32.3 Å². The van der Waals surface area contributed by atoms with Crippen LogP contribution in [0.3, 0.4) is 0 Å². The third-order valence-corrected chi connectivity index (χ3v) is 4.74. The van der Waals surface area contributed by atoms with Gasteiger partial charge in [-0.3, -0.25) is 0 Å². The van der Waals surface area contributed by atoms with Crippen molar-refractivity contribution in [1.82, 2.24) is 10.2 Å². The first-order valence-corrected chi connectivity index (χ1v) is 10.2. The average Bonchev–Trinajstić information content (AvgIpc) is 2.68. The van der Waals surface area contributed by atoms with E-state index in [-0.39, 0.29) is 18.8 Å². The van der Waals surface area contributed by atoms with Crippen LogP contribution in [0.2, 0.25) is 0 Å². The number of likely N-dealkylation sites (tertiary alicyclic amines) is 1. The minimum atomic E-state index is -0.581. The van der Waals surface area contributed by atoms with Gasteiger partial charge in [0.1, 0.15) is 12.7 Å². The Morgan fingerprint density at radius 1 is 1.21 bits per heavy atom. The van der Waals surface area contributed by atoms with E-state index < -0.39 is 6.10 Å². The molecule has 7 heteroatoms. The number of rotatable bonds is 12. The first-order valence-electron chi connectivity index (χ1n) is 10.2. The summed E-state index contributed by atoms with van der Waals surface area (Å²) in [4.78, 5) is 2.16. The molecule has 0 bridgehead atoms. The second kappa shape index (κ2) is 12.2. The zero-order chi connectivity index (χ0) is 20.4. The lowest BCUT2D eigenvalue weighted by atomic mass is 10.1. The summed E-state index contributed by atoms with van der Waals surface area (Å²) in [5, 5.41) is 23.2. The quantitative estimate of drug-likeness (QED) is 0.461. The molecule has 7 nitrogen and oxygen atoms in total. The zero-order valence-corrected chi connectivity index (χ0v) is 17.4. The van der Waals surface area contributed by atoms with E-state index in [1.54, 1.807) is 7.11 Å². The summed E-state index contributed by atoms with van der Waals surface area (Å²) in [6, 6.07) is 5.82. The highest BCUT2D eigenvalue weighted by atomic mass is 16.5. The fraction of sp³-hybridized carbons (Fsp3) is 0.714. The molecule has 0 spiro atoms. The lowest BCUT2D eigenvalue weighted by molar-refractivity contribution is 0.0333. The number of methoxy groups -OCH3 is 1. The first-order chi connectivity index (χ1) is 13.5. The Morgan fingerprint density at radius 3 is 2.64 bits per heavy atom. The molecule has 1 heterocycles. The Balaban J connectivity index is 1.75. The van der Waals surface area contributed by atoms with Crippen molar-refractivity contribution in [3.05, 3.63) is 23.8 Å². The predicted molar refractivity (Wildman–Crippen MR) is 109 cm³/mol. The van der Waals surface area contributed by atoms with E-state index in [9.17, 15) is 10.2 Å². The molecule has 1 fully saturated rings. The minimum absolute atomic E-state index is 0.204.